The third kappa shape index (κ3) is 2.73. The van der Waals surface area contributed by atoms with E-state index in [2.05, 4.69) is 0 Å². The smallest absolute Gasteiger partial charge is 1.00 e. The molecule has 0 saturated heterocycles. The van der Waals surface area contributed by atoms with E-state index < -0.39 is 0 Å². The average Bonchev–Trinajstić information content (AvgIpc) is 2.04. The molecule has 0 unspecified atom stereocenters. The van der Waals surface area contributed by atoms with Crippen LogP contribution in [0, 0.1) is 0 Å². The second-order valence-corrected chi connectivity index (χ2v) is 2.94. The van der Waals surface area contributed by atoms with Crippen LogP contribution in [0.15, 0.2) is 18.2 Å². The Hall–Kier alpha value is -0.124. The predicted molar refractivity (Wildman–Crippen MR) is 44.9 cm³/mol. The van der Waals surface area contributed by atoms with E-state index in [0.29, 0.717) is 0 Å². The van der Waals surface area contributed by atoms with Crippen molar-refractivity contribution in [3.63, 3.8) is 0 Å². The Morgan fingerprint density at radius 2 is 1.83 bits per heavy atom. The molecule has 0 aliphatic carbocycles. The maximum absolute atomic E-state index is 5.10. The molecule has 62 valence electrons. The summed E-state index contributed by atoms with van der Waals surface area (Å²) in [5.41, 5.74) is 0. The summed E-state index contributed by atoms with van der Waals surface area (Å²) in [6, 6.07) is 5.74. The largest absolute Gasteiger partial charge is 1.00 e. The fraction of sp³-hybridized carbons (Fsp3) is 0.250. The maximum atomic E-state index is 5.10. The predicted octanol–water partition coefficient (Wildman–Crippen LogP) is -2.50. The SMILES string of the molecule is COc1ccc(OC)[c]([Mg+])c1.[Cl-]. The van der Waals surface area contributed by atoms with Crippen LogP contribution < -0.4 is 25.6 Å². The number of methoxy groups -OCH3 is 2. The fourth-order valence-electron chi connectivity index (χ4n) is 0.882. The Morgan fingerprint density at radius 1 is 1.17 bits per heavy atom. The van der Waals surface area contributed by atoms with E-state index in [1.165, 1.54) is 0 Å². The van der Waals surface area contributed by atoms with Crippen molar-refractivity contribution in [3.8, 4) is 11.5 Å². The van der Waals surface area contributed by atoms with Crippen LogP contribution in [0.4, 0.5) is 0 Å². The van der Waals surface area contributed by atoms with E-state index in [0.717, 1.165) is 15.2 Å². The van der Waals surface area contributed by atoms with E-state index in [-0.39, 0.29) is 12.4 Å². The summed E-state index contributed by atoms with van der Waals surface area (Å²) in [7, 11) is 3.32. The topological polar surface area (TPSA) is 18.5 Å². The Morgan fingerprint density at radius 3 is 2.25 bits per heavy atom. The molecule has 12 heavy (non-hydrogen) atoms. The first-order valence-corrected chi connectivity index (χ1v) is 4.02. The first-order valence-electron chi connectivity index (χ1n) is 3.32. The minimum absolute atomic E-state index is 0. The van der Waals surface area contributed by atoms with Crippen LogP contribution >= 0.6 is 0 Å². The van der Waals surface area contributed by atoms with Crippen molar-refractivity contribution in [3.05, 3.63) is 18.2 Å². The Kier molecular flexibility index (Phi) is 5.45. The Labute approximate surface area is 91.1 Å². The molecule has 0 N–H and O–H groups in total. The molecule has 0 atom stereocenters. The van der Waals surface area contributed by atoms with Crippen molar-refractivity contribution in [2.24, 2.45) is 0 Å². The summed E-state index contributed by atoms with van der Waals surface area (Å²) in [5, 5.41) is 0. The molecule has 1 rings (SSSR count). The van der Waals surface area contributed by atoms with Crippen molar-refractivity contribution in [1.29, 1.82) is 0 Å². The third-order valence-electron chi connectivity index (χ3n) is 1.49. The molecule has 0 aromatic heterocycles. The molecule has 0 fully saturated rings. The van der Waals surface area contributed by atoms with Gasteiger partial charge in [-0.3, -0.25) is 0 Å². The van der Waals surface area contributed by atoms with Gasteiger partial charge in [0.2, 0.25) is 0 Å². The molecule has 0 heterocycles. The van der Waals surface area contributed by atoms with Crippen molar-refractivity contribution in [1.82, 2.24) is 0 Å². The molecule has 0 aliphatic rings. The van der Waals surface area contributed by atoms with Gasteiger partial charge in [-0.25, -0.2) is 0 Å². The van der Waals surface area contributed by atoms with E-state index in [1.807, 2.05) is 18.2 Å². The van der Waals surface area contributed by atoms with Gasteiger partial charge in [0.05, 0.1) is 0 Å². The van der Waals surface area contributed by atoms with Crippen molar-refractivity contribution < 1.29 is 21.9 Å². The number of ether oxygens (including phenoxy) is 2. The van der Waals surface area contributed by atoms with Gasteiger partial charge in [0.15, 0.2) is 0 Å². The summed E-state index contributed by atoms with van der Waals surface area (Å²) in [6.07, 6.45) is 0. The molecule has 0 aliphatic heterocycles. The molecule has 0 spiro atoms. The van der Waals surface area contributed by atoms with Crippen LogP contribution in [0.1, 0.15) is 0 Å². The van der Waals surface area contributed by atoms with E-state index in [1.54, 1.807) is 35.9 Å². The van der Waals surface area contributed by atoms with E-state index >= 15 is 0 Å². The second kappa shape index (κ2) is 5.51. The minimum atomic E-state index is 0. The van der Waals surface area contributed by atoms with Crippen LogP contribution in [0.2, 0.25) is 0 Å². The van der Waals surface area contributed by atoms with Gasteiger partial charge in [-0.2, -0.15) is 0 Å². The van der Waals surface area contributed by atoms with Gasteiger partial charge < -0.3 is 12.4 Å². The Bertz CT molecular complexity index is 253. The molecule has 2 nitrogen and oxygen atoms in total. The van der Waals surface area contributed by atoms with Gasteiger partial charge >= 0.3 is 78.8 Å². The van der Waals surface area contributed by atoms with Crippen LogP contribution in [0.5, 0.6) is 11.5 Å². The zero-order valence-corrected chi connectivity index (χ0v) is 9.30. The number of benzene rings is 1. The third-order valence-corrected chi connectivity index (χ3v) is 2.04. The van der Waals surface area contributed by atoms with Gasteiger partial charge in [-0.15, -0.1) is 0 Å². The second-order valence-electron chi connectivity index (χ2n) is 2.18. The van der Waals surface area contributed by atoms with Gasteiger partial charge in [-0.05, 0) is 0 Å². The van der Waals surface area contributed by atoms with Crippen molar-refractivity contribution in [2.75, 3.05) is 14.2 Å². The molecule has 0 saturated carbocycles. The molecule has 0 radical (unpaired) electrons. The van der Waals surface area contributed by atoms with Crippen LogP contribution in [-0.2, 0) is 0 Å². The zero-order chi connectivity index (χ0) is 8.27. The fourth-order valence-corrected chi connectivity index (χ4v) is 1.35. The number of hydrogen-bond donors (Lipinski definition) is 0. The summed E-state index contributed by atoms with van der Waals surface area (Å²) in [5.74, 6) is 1.78. The first-order chi connectivity index (χ1) is 5.27. The van der Waals surface area contributed by atoms with E-state index in [4.69, 9.17) is 9.47 Å². The van der Waals surface area contributed by atoms with Gasteiger partial charge in [-0.1, -0.05) is 0 Å². The van der Waals surface area contributed by atoms with Gasteiger partial charge in [0, 0.05) is 0 Å². The van der Waals surface area contributed by atoms with Crippen molar-refractivity contribution in [2.45, 2.75) is 0 Å². The summed E-state index contributed by atoms with van der Waals surface area (Å²) >= 11 is 1.79. The monoisotopic (exact) mass is 196 g/mol. The summed E-state index contributed by atoms with van der Waals surface area (Å²) in [6.45, 7) is 0. The summed E-state index contributed by atoms with van der Waals surface area (Å²) in [4.78, 5) is 0. The molecule has 1 aromatic carbocycles. The number of halogens is 1. The maximum Gasteiger partial charge on any atom is -1.00 e. The molecule has 4 heteroatoms. The first kappa shape index (κ1) is 11.9. The van der Waals surface area contributed by atoms with Crippen LogP contribution in [0.25, 0.3) is 0 Å². The zero-order valence-electron chi connectivity index (χ0n) is 7.13. The molecular weight excluding hydrogens is 188 g/mol. The number of rotatable bonds is 2. The van der Waals surface area contributed by atoms with Gasteiger partial charge in [0.1, 0.15) is 0 Å². The minimum Gasteiger partial charge on any atom is -1.00 e. The molecule has 0 amide bonds. The van der Waals surface area contributed by atoms with Crippen LogP contribution in [0.3, 0.4) is 0 Å². The summed E-state index contributed by atoms with van der Waals surface area (Å²) < 4.78 is 11.3. The van der Waals surface area contributed by atoms with E-state index in [9.17, 15) is 0 Å². The molecule has 1 aromatic rings. The molecular formula is C8H9ClMgO2. The standard InChI is InChI=1S/C8H9O2.ClH.Mg/c1-9-7-3-5-8(10-2)6-4-7;;/h3-5H,1-2H3;1H;/q;;+1/p-1. The van der Waals surface area contributed by atoms with Crippen molar-refractivity contribution >= 4 is 25.4 Å². The normalized spacial score (nSPS) is 8.67. The molecule has 0 bridgehead atoms. The quantitative estimate of drug-likeness (QED) is 0.488. The van der Waals surface area contributed by atoms with Crippen LogP contribution in [-0.4, -0.2) is 35.9 Å². The average molecular weight is 197 g/mol. The Balaban J connectivity index is 0.00000121. The number of hydrogen-bond acceptors (Lipinski definition) is 2. The van der Waals surface area contributed by atoms with Gasteiger partial charge in [0.25, 0.3) is 0 Å².